The summed E-state index contributed by atoms with van der Waals surface area (Å²) in [6.07, 6.45) is 0.141. The minimum Gasteiger partial charge on any atom is -0.497 e. The van der Waals surface area contributed by atoms with Gasteiger partial charge in [-0.15, -0.1) is 0 Å². The van der Waals surface area contributed by atoms with E-state index in [0.717, 1.165) is 28.3 Å². The molecular formula is C25H22F2N2O4. The number of rotatable bonds is 6. The monoisotopic (exact) mass is 452 g/mol. The summed E-state index contributed by atoms with van der Waals surface area (Å²) in [5, 5.41) is 6.83. The minimum absolute atomic E-state index is 0.0277. The average Bonchev–Trinajstić information content (AvgIpc) is 3.29. The maximum atomic E-state index is 12.7. The van der Waals surface area contributed by atoms with Gasteiger partial charge >= 0.3 is 6.61 Å². The molecule has 3 aromatic rings. The lowest BCUT2D eigenvalue weighted by molar-refractivity contribution is -0.0514. The van der Waals surface area contributed by atoms with E-state index in [2.05, 4.69) is 4.74 Å². The third-order valence-corrected chi connectivity index (χ3v) is 5.81. The summed E-state index contributed by atoms with van der Waals surface area (Å²) >= 11 is 0. The van der Waals surface area contributed by atoms with Gasteiger partial charge in [-0.2, -0.15) is 13.9 Å². The van der Waals surface area contributed by atoms with Crippen LogP contribution in [0, 0.1) is 0 Å². The molecule has 0 fully saturated rings. The summed E-state index contributed by atoms with van der Waals surface area (Å²) in [7, 11) is 3.04. The molecule has 0 radical (unpaired) electrons. The van der Waals surface area contributed by atoms with Crippen molar-refractivity contribution in [3.63, 3.8) is 0 Å². The summed E-state index contributed by atoms with van der Waals surface area (Å²) in [5.41, 5.74) is 3.69. The number of hydrazone groups is 1. The van der Waals surface area contributed by atoms with Crippen molar-refractivity contribution >= 4 is 5.71 Å². The zero-order valence-electron chi connectivity index (χ0n) is 18.1. The number of nitrogens with zero attached hydrogens (tertiary/aromatic N) is 2. The van der Waals surface area contributed by atoms with Gasteiger partial charge in [0.25, 0.3) is 0 Å². The van der Waals surface area contributed by atoms with E-state index in [-0.39, 0.29) is 17.5 Å². The lowest BCUT2D eigenvalue weighted by Crippen LogP contribution is -2.33. The van der Waals surface area contributed by atoms with Gasteiger partial charge in [0.05, 0.1) is 26.0 Å². The molecule has 5 rings (SSSR count). The van der Waals surface area contributed by atoms with Crippen LogP contribution in [0.1, 0.15) is 35.4 Å². The predicted octanol–water partition coefficient (Wildman–Crippen LogP) is 5.55. The first-order chi connectivity index (χ1) is 16.1. The fourth-order valence-corrected chi connectivity index (χ4v) is 4.24. The molecule has 0 saturated carbocycles. The summed E-state index contributed by atoms with van der Waals surface area (Å²) in [5.74, 6) is 1.71. The Balaban J connectivity index is 1.54. The third-order valence-electron chi connectivity index (χ3n) is 5.81. The van der Waals surface area contributed by atoms with Crippen LogP contribution in [0.2, 0.25) is 0 Å². The molecule has 0 bridgehead atoms. The molecule has 170 valence electrons. The fraction of sp³-hybridized carbons (Fsp3) is 0.240. The molecule has 0 amide bonds. The van der Waals surface area contributed by atoms with E-state index in [1.807, 2.05) is 53.5 Å². The highest BCUT2D eigenvalue weighted by molar-refractivity contribution is 6.02. The Bertz CT molecular complexity index is 1180. The summed E-state index contributed by atoms with van der Waals surface area (Å²) in [6, 6.07) is 20.4. The van der Waals surface area contributed by atoms with E-state index < -0.39 is 12.8 Å². The highest BCUT2D eigenvalue weighted by Crippen LogP contribution is 2.48. The van der Waals surface area contributed by atoms with Gasteiger partial charge in [0.1, 0.15) is 11.5 Å². The SMILES string of the molecule is COc1ccc(C2=NN3C(C2)c2ccccc2OC3c2ccc(OC(F)F)c(OC)c2)cc1. The number of hydrogen-bond donors (Lipinski definition) is 0. The Hall–Kier alpha value is -3.81. The zero-order valence-corrected chi connectivity index (χ0v) is 18.1. The van der Waals surface area contributed by atoms with Crippen LogP contribution in [0.25, 0.3) is 0 Å². The van der Waals surface area contributed by atoms with E-state index in [0.29, 0.717) is 12.0 Å². The van der Waals surface area contributed by atoms with E-state index in [4.69, 9.17) is 19.3 Å². The topological polar surface area (TPSA) is 52.5 Å². The van der Waals surface area contributed by atoms with Gasteiger partial charge < -0.3 is 18.9 Å². The molecular weight excluding hydrogens is 430 g/mol. The second-order valence-electron chi connectivity index (χ2n) is 7.67. The van der Waals surface area contributed by atoms with E-state index in [1.165, 1.54) is 13.2 Å². The molecule has 3 aromatic carbocycles. The van der Waals surface area contributed by atoms with Crippen LogP contribution in [0.5, 0.6) is 23.0 Å². The first kappa shape index (κ1) is 21.1. The quantitative estimate of drug-likeness (QED) is 0.491. The number of ether oxygens (including phenoxy) is 4. The molecule has 6 nitrogen and oxygen atoms in total. The second-order valence-corrected chi connectivity index (χ2v) is 7.67. The van der Waals surface area contributed by atoms with Crippen molar-refractivity contribution in [1.82, 2.24) is 5.01 Å². The molecule has 0 aliphatic carbocycles. The van der Waals surface area contributed by atoms with E-state index in [9.17, 15) is 8.78 Å². The van der Waals surface area contributed by atoms with Crippen LogP contribution in [0.3, 0.4) is 0 Å². The average molecular weight is 452 g/mol. The molecule has 2 unspecified atom stereocenters. The summed E-state index contributed by atoms with van der Waals surface area (Å²) in [4.78, 5) is 0. The van der Waals surface area contributed by atoms with Crippen LogP contribution in [-0.2, 0) is 0 Å². The van der Waals surface area contributed by atoms with Crippen LogP contribution in [-0.4, -0.2) is 31.6 Å². The van der Waals surface area contributed by atoms with Crippen molar-refractivity contribution in [3.05, 3.63) is 83.4 Å². The Morgan fingerprint density at radius 2 is 1.76 bits per heavy atom. The zero-order chi connectivity index (χ0) is 22.9. The summed E-state index contributed by atoms with van der Waals surface area (Å²) in [6.45, 7) is -2.94. The Kier molecular flexibility index (Phi) is 5.50. The molecule has 2 heterocycles. The van der Waals surface area contributed by atoms with Gasteiger partial charge in [0.2, 0.25) is 6.23 Å². The van der Waals surface area contributed by atoms with Crippen molar-refractivity contribution in [2.45, 2.75) is 25.3 Å². The fourth-order valence-electron chi connectivity index (χ4n) is 4.24. The number of para-hydroxylation sites is 1. The first-order valence-electron chi connectivity index (χ1n) is 10.5. The lowest BCUT2D eigenvalue weighted by atomic mass is 9.96. The van der Waals surface area contributed by atoms with Gasteiger partial charge in [-0.1, -0.05) is 18.2 Å². The van der Waals surface area contributed by atoms with Gasteiger partial charge in [-0.3, -0.25) is 0 Å². The largest absolute Gasteiger partial charge is 0.497 e. The Morgan fingerprint density at radius 1 is 0.970 bits per heavy atom. The Morgan fingerprint density at radius 3 is 2.48 bits per heavy atom. The number of benzene rings is 3. The highest BCUT2D eigenvalue weighted by Gasteiger charge is 2.41. The van der Waals surface area contributed by atoms with Crippen molar-refractivity contribution in [1.29, 1.82) is 0 Å². The molecule has 2 aliphatic rings. The van der Waals surface area contributed by atoms with Crippen LogP contribution >= 0.6 is 0 Å². The number of methoxy groups -OCH3 is 2. The first-order valence-corrected chi connectivity index (χ1v) is 10.5. The third kappa shape index (κ3) is 3.92. The maximum Gasteiger partial charge on any atom is 0.387 e. The molecule has 0 N–H and O–H groups in total. The molecule has 33 heavy (non-hydrogen) atoms. The van der Waals surface area contributed by atoms with Gasteiger partial charge in [0, 0.05) is 17.5 Å². The highest BCUT2D eigenvalue weighted by atomic mass is 19.3. The number of hydrogen-bond acceptors (Lipinski definition) is 6. The Labute approximate surface area is 189 Å². The molecule has 0 aromatic heterocycles. The van der Waals surface area contributed by atoms with E-state index >= 15 is 0 Å². The number of fused-ring (bicyclic) bond motifs is 3. The molecule has 2 aliphatic heterocycles. The van der Waals surface area contributed by atoms with Gasteiger partial charge in [-0.25, -0.2) is 5.01 Å². The summed E-state index contributed by atoms with van der Waals surface area (Å²) < 4.78 is 46.9. The second kappa shape index (κ2) is 8.61. The molecule has 8 heteroatoms. The van der Waals surface area contributed by atoms with Crippen LogP contribution in [0.15, 0.2) is 71.8 Å². The van der Waals surface area contributed by atoms with Crippen molar-refractivity contribution in [2.24, 2.45) is 5.10 Å². The van der Waals surface area contributed by atoms with Gasteiger partial charge in [0.15, 0.2) is 11.5 Å². The van der Waals surface area contributed by atoms with Crippen molar-refractivity contribution in [3.8, 4) is 23.0 Å². The minimum atomic E-state index is -2.94. The maximum absolute atomic E-state index is 12.7. The predicted molar refractivity (Wildman–Crippen MR) is 118 cm³/mol. The lowest BCUT2D eigenvalue weighted by Gasteiger charge is -2.38. The van der Waals surface area contributed by atoms with Gasteiger partial charge in [-0.05, 0) is 54.1 Å². The molecule has 0 saturated heterocycles. The van der Waals surface area contributed by atoms with Crippen LogP contribution in [0.4, 0.5) is 8.78 Å². The smallest absolute Gasteiger partial charge is 0.387 e. The van der Waals surface area contributed by atoms with E-state index in [1.54, 1.807) is 19.2 Å². The molecule has 2 atom stereocenters. The standard InChI is InChI=1S/C25H22F2N2O4/c1-30-17-10-7-15(8-11-17)19-14-20-18-5-3-4-6-21(18)32-24(29(20)28-19)16-9-12-22(33-25(26)27)23(13-16)31-2/h3-13,20,24-25H,14H2,1-2H3. The van der Waals surface area contributed by atoms with Crippen molar-refractivity contribution in [2.75, 3.05) is 14.2 Å². The van der Waals surface area contributed by atoms with Crippen molar-refractivity contribution < 1.29 is 27.7 Å². The molecule has 0 spiro atoms. The number of alkyl halides is 2. The normalized spacial score (nSPS) is 18.8. The van der Waals surface area contributed by atoms with Crippen LogP contribution < -0.4 is 18.9 Å². The number of halogens is 2.